The number of rotatable bonds is 5. The van der Waals surface area contributed by atoms with E-state index in [1.807, 2.05) is 60.0 Å². The van der Waals surface area contributed by atoms with Crippen molar-refractivity contribution >= 4 is 33.7 Å². The average Bonchev–Trinajstić information content (AvgIpc) is 3.23. The van der Waals surface area contributed by atoms with Gasteiger partial charge in [-0.25, -0.2) is 4.98 Å². The monoisotopic (exact) mass is 456 g/mol. The molecule has 1 aromatic heterocycles. The van der Waals surface area contributed by atoms with Crippen molar-refractivity contribution in [3.63, 3.8) is 0 Å². The molecule has 0 spiro atoms. The number of aromatic nitrogens is 2. The maximum Gasteiger partial charge on any atom is 0.277 e. The lowest BCUT2D eigenvalue weighted by Gasteiger charge is -2.19. The number of nitro groups is 1. The molecule has 172 valence electrons. The number of hydrogen-bond acceptors (Lipinski definition) is 6. The molecule has 34 heavy (non-hydrogen) atoms. The van der Waals surface area contributed by atoms with Gasteiger partial charge in [0.25, 0.3) is 11.6 Å². The minimum atomic E-state index is -0.377. The standard InChI is InChI=1S/C25H24N6O3/c1-29(2)17-11-9-16(10-12-17)27-25(32)23-22-15-26-13-14-30(22)24(28-23)20-7-3-6-19-18(20)5-4-8-21(19)31(33)34/h3-12,26H,13-15H2,1-2H3,(H,27,32). The number of carbonyl (C=O) groups is 1. The molecule has 0 atom stereocenters. The van der Waals surface area contributed by atoms with Crippen LogP contribution in [0.15, 0.2) is 60.7 Å². The quantitative estimate of drug-likeness (QED) is 0.347. The van der Waals surface area contributed by atoms with Crippen LogP contribution in [0.25, 0.3) is 22.2 Å². The summed E-state index contributed by atoms with van der Waals surface area (Å²) in [6.07, 6.45) is 0. The molecule has 4 aromatic rings. The molecule has 3 aromatic carbocycles. The molecule has 0 unspecified atom stereocenters. The highest BCUT2D eigenvalue weighted by atomic mass is 16.6. The fourth-order valence-corrected chi connectivity index (χ4v) is 4.37. The maximum atomic E-state index is 13.2. The topological polar surface area (TPSA) is 105 Å². The van der Waals surface area contributed by atoms with Crippen LogP contribution in [0.1, 0.15) is 16.2 Å². The van der Waals surface area contributed by atoms with Crippen LogP contribution < -0.4 is 15.5 Å². The fourth-order valence-electron chi connectivity index (χ4n) is 4.37. The summed E-state index contributed by atoms with van der Waals surface area (Å²) >= 11 is 0. The Kier molecular flexibility index (Phi) is 5.46. The maximum absolute atomic E-state index is 13.2. The lowest BCUT2D eigenvalue weighted by molar-refractivity contribution is -0.383. The Balaban J connectivity index is 1.57. The first-order chi connectivity index (χ1) is 16.4. The summed E-state index contributed by atoms with van der Waals surface area (Å²) in [5.41, 5.74) is 3.68. The van der Waals surface area contributed by atoms with Gasteiger partial charge in [0.1, 0.15) is 5.82 Å². The first kappa shape index (κ1) is 21.6. The van der Waals surface area contributed by atoms with Gasteiger partial charge in [-0.3, -0.25) is 14.9 Å². The number of hydrogen-bond donors (Lipinski definition) is 2. The molecule has 9 nitrogen and oxygen atoms in total. The van der Waals surface area contributed by atoms with Gasteiger partial charge >= 0.3 is 0 Å². The second kappa shape index (κ2) is 8.60. The second-order valence-corrected chi connectivity index (χ2v) is 8.39. The number of fused-ring (bicyclic) bond motifs is 2. The van der Waals surface area contributed by atoms with E-state index in [1.54, 1.807) is 18.2 Å². The number of imidazole rings is 1. The Morgan fingerprint density at radius 3 is 2.56 bits per heavy atom. The van der Waals surface area contributed by atoms with E-state index >= 15 is 0 Å². The molecule has 1 amide bonds. The Bertz CT molecular complexity index is 1410. The van der Waals surface area contributed by atoms with E-state index in [2.05, 4.69) is 10.6 Å². The van der Waals surface area contributed by atoms with Crippen molar-refractivity contribution < 1.29 is 9.72 Å². The zero-order valence-electron chi connectivity index (χ0n) is 18.9. The molecule has 2 N–H and O–H groups in total. The third kappa shape index (κ3) is 3.75. The first-order valence-electron chi connectivity index (χ1n) is 11.0. The summed E-state index contributed by atoms with van der Waals surface area (Å²) in [6, 6.07) is 18.1. The van der Waals surface area contributed by atoms with Gasteiger partial charge in [-0.2, -0.15) is 0 Å². The number of non-ortho nitro benzene ring substituents is 1. The molecular formula is C25H24N6O3. The van der Waals surface area contributed by atoms with E-state index in [9.17, 15) is 14.9 Å². The smallest absolute Gasteiger partial charge is 0.277 e. The highest BCUT2D eigenvalue weighted by molar-refractivity contribution is 6.05. The van der Waals surface area contributed by atoms with Crippen LogP contribution in [-0.2, 0) is 13.1 Å². The second-order valence-electron chi connectivity index (χ2n) is 8.39. The van der Waals surface area contributed by atoms with Crippen LogP contribution >= 0.6 is 0 Å². The minimum Gasteiger partial charge on any atom is -0.378 e. The minimum absolute atomic E-state index is 0.0468. The summed E-state index contributed by atoms with van der Waals surface area (Å²) in [5.74, 6) is 0.346. The molecule has 2 heterocycles. The van der Waals surface area contributed by atoms with Crippen molar-refractivity contribution in [3.05, 3.63) is 82.2 Å². The number of amides is 1. The molecule has 5 rings (SSSR count). The zero-order chi connectivity index (χ0) is 23.8. The van der Waals surface area contributed by atoms with Crippen molar-refractivity contribution in [1.29, 1.82) is 0 Å². The van der Waals surface area contributed by atoms with Gasteiger partial charge in [-0.1, -0.05) is 24.3 Å². The normalized spacial score (nSPS) is 12.9. The van der Waals surface area contributed by atoms with Crippen LogP contribution in [0.5, 0.6) is 0 Å². The summed E-state index contributed by atoms with van der Waals surface area (Å²) in [7, 11) is 3.92. The average molecular weight is 457 g/mol. The van der Waals surface area contributed by atoms with E-state index in [0.717, 1.165) is 28.9 Å². The van der Waals surface area contributed by atoms with Crippen LogP contribution in [0.2, 0.25) is 0 Å². The molecular weight excluding hydrogens is 432 g/mol. The molecule has 0 fully saturated rings. The van der Waals surface area contributed by atoms with Gasteiger partial charge in [0, 0.05) is 56.7 Å². The molecule has 0 saturated carbocycles. The number of nitrogens with zero attached hydrogens (tertiary/aromatic N) is 4. The lowest BCUT2D eigenvalue weighted by Crippen LogP contribution is -2.29. The van der Waals surface area contributed by atoms with E-state index in [1.165, 1.54) is 6.07 Å². The number of benzene rings is 3. The lowest BCUT2D eigenvalue weighted by atomic mass is 10.0. The third-order valence-electron chi connectivity index (χ3n) is 6.07. The van der Waals surface area contributed by atoms with Crippen molar-refractivity contribution in [3.8, 4) is 11.4 Å². The summed E-state index contributed by atoms with van der Waals surface area (Å²) in [4.78, 5) is 31.2. The van der Waals surface area contributed by atoms with E-state index < -0.39 is 0 Å². The van der Waals surface area contributed by atoms with Gasteiger partial charge in [0.15, 0.2) is 5.69 Å². The Morgan fingerprint density at radius 1 is 1.09 bits per heavy atom. The third-order valence-corrected chi connectivity index (χ3v) is 6.07. The molecule has 1 aliphatic heterocycles. The molecule has 1 aliphatic rings. The molecule has 0 radical (unpaired) electrons. The van der Waals surface area contributed by atoms with Crippen molar-refractivity contribution in [1.82, 2.24) is 14.9 Å². The predicted molar refractivity (Wildman–Crippen MR) is 132 cm³/mol. The van der Waals surface area contributed by atoms with Gasteiger partial charge in [-0.05, 0) is 35.7 Å². The zero-order valence-corrected chi connectivity index (χ0v) is 18.9. The molecule has 0 bridgehead atoms. The largest absolute Gasteiger partial charge is 0.378 e. The van der Waals surface area contributed by atoms with E-state index in [0.29, 0.717) is 35.7 Å². The van der Waals surface area contributed by atoms with Gasteiger partial charge in [0.05, 0.1) is 16.0 Å². The van der Waals surface area contributed by atoms with Gasteiger partial charge in [0.2, 0.25) is 0 Å². The van der Waals surface area contributed by atoms with Crippen molar-refractivity contribution in [2.45, 2.75) is 13.1 Å². The van der Waals surface area contributed by atoms with Crippen molar-refractivity contribution in [2.24, 2.45) is 0 Å². The van der Waals surface area contributed by atoms with Crippen LogP contribution in [0, 0.1) is 10.1 Å². The summed E-state index contributed by atoms with van der Waals surface area (Å²) in [6.45, 7) is 1.91. The highest BCUT2D eigenvalue weighted by Gasteiger charge is 2.26. The van der Waals surface area contributed by atoms with Gasteiger partial charge < -0.3 is 20.1 Å². The SMILES string of the molecule is CN(C)c1ccc(NC(=O)c2nc(-c3cccc4c([N+](=O)[O-])cccc34)n3c2CNCC3)cc1. The predicted octanol–water partition coefficient (Wildman–Crippen LogP) is 4.03. The van der Waals surface area contributed by atoms with E-state index in [4.69, 9.17) is 4.98 Å². The highest BCUT2D eigenvalue weighted by Crippen LogP contribution is 2.34. The summed E-state index contributed by atoms with van der Waals surface area (Å²) < 4.78 is 2.04. The Labute approximate surface area is 196 Å². The number of nitro benzene ring substituents is 1. The molecule has 9 heteroatoms. The molecule has 0 saturated heterocycles. The number of carbonyl (C=O) groups excluding carboxylic acids is 1. The number of nitrogens with one attached hydrogen (secondary N) is 2. The first-order valence-corrected chi connectivity index (χ1v) is 11.0. The Morgan fingerprint density at radius 2 is 1.82 bits per heavy atom. The van der Waals surface area contributed by atoms with Crippen LogP contribution in [0.3, 0.4) is 0 Å². The van der Waals surface area contributed by atoms with Gasteiger partial charge in [-0.15, -0.1) is 0 Å². The van der Waals surface area contributed by atoms with Crippen LogP contribution in [0.4, 0.5) is 17.1 Å². The fraction of sp³-hybridized carbons (Fsp3) is 0.200. The number of anilines is 2. The van der Waals surface area contributed by atoms with E-state index in [-0.39, 0.29) is 16.5 Å². The molecule has 0 aliphatic carbocycles. The van der Waals surface area contributed by atoms with Crippen LogP contribution in [-0.4, -0.2) is 41.0 Å². The summed E-state index contributed by atoms with van der Waals surface area (Å²) in [5, 5.41) is 19.1. The Hall–Kier alpha value is -4.24. The van der Waals surface area contributed by atoms with Crippen molar-refractivity contribution in [2.75, 3.05) is 30.9 Å².